The molecule has 39 heavy (non-hydrogen) atoms. The molecule has 7 nitrogen and oxygen atoms in total. The van der Waals surface area contributed by atoms with Crippen LogP contribution in [0.25, 0.3) is 0 Å². The van der Waals surface area contributed by atoms with Gasteiger partial charge in [-0.05, 0) is 49.4 Å². The van der Waals surface area contributed by atoms with Crippen molar-refractivity contribution in [2.24, 2.45) is 0 Å². The monoisotopic (exact) mass is 526 g/mol. The Bertz CT molecular complexity index is 1210. The molecule has 4 rings (SSSR count). The fraction of sp³-hybridized carbons (Fsp3) is 0.375. The number of hydrogen-bond acceptors (Lipinski definition) is 4. The fourth-order valence-electron chi connectivity index (χ4n) is 5.04. The van der Waals surface area contributed by atoms with Gasteiger partial charge in [-0.1, -0.05) is 85.5 Å². The average molecular weight is 527 g/mol. The van der Waals surface area contributed by atoms with Crippen molar-refractivity contribution in [1.82, 2.24) is 15.2 Å². The molecule has 1 aliphatic carbocycles. The van der Waals surface area contributed by atoms with Gasteiger partial charge in [-0.2, -0.15) is 0 Å². The summed E-state index contributed by atoms with van der Waals surface area (Å²) >= 11 is 0. The Kier molecular flexibility index (Phi) is 10.2. The quantitative estimate of drug-likeness (QED) is 0.334. The number of pyridine rings is 1. The van der Waals surface area contributed by atoms with E-state index in [2.05, 4.69) is 15.6 Å². The van der Waals surface area contributed by atoms with E-state index in [1.165, 1.54) is 6.42 Å². The molecule has 3 aromatic rings. The molecule has 1 saturated carbocycles. The van der Waals surface area contributed by atoms with Crippen molar-refractivity contribution in [3.8, 4) is 0 Å². The van der Waals surface area contributed by atoms with E-state index in [4.69, 9.17) is 0 Å². The second-order valence-electron chi connectivity index (χ2n) is 10.3. The predicted octanol–water partition coefficient (Wildman–Crippen LogP) is 5.72. The lowest BCUT2D eigenvalue weighted by Gasteiger charge is -2.33. The Balaban J connectivity index is 1.52. The summed E-state index contributed by atoms with van der Waals surface area (Å²) in [6.45, 7) is 2.31. The van der Waals surface area contributed by atoms with Gasteiger partial charge in [0.25, 0.3) is 0 Å². The summed E-state index contributed by atoms with van der Waals surface area (Å²) in [5.41, 5.74) is 2.82. The summed E-state index contributed by atoms with van der Waals surface area (Å²) in [6, 6.07) is 22.2. The molecule has 0 bridgehead atoms. The van der Waals surface area contributed by atoms with Gasteiger partial charge < -0.3 is 15.5 Å². The van der Waals surface area contributed by atoms with Crippen molar-refractivity contribution in [2.45, 2.75) is 76.9 Å². The zero-order valence-corrected chi connectivity index (χ0v) is 22.6. The van der Waals surface area contributed by atoms with Crippen molar-refractivity contribution in [1.29, 1.82) is 0 Å². The number of benzene rings is 2. The van der Waals surface area contributed by atoms with Gasteiger partial charge in [-0.25, -0.2) is 4.98 Å². The molecule has 1 fully saturated rings. The van der Waals surface area contributed by atoms with Crippen LogP contribution in [0.15, 0.2) is 79.0 Å². The largest absolute Gasteiger partial charge is 0.351 e. The third-order valence-corrected chi connectivity index (χ3v) is 7.15. The molecule has 1 aromatic heterocycles. The van der Waals surface area contributed by atoms with E-state index < -0.39 is 6.04 Å². The number of amides is 3. The minimum atomic E-state index is -0.762. The summed E-state index contributed by atoms with van der Waals surface area (Å²) in [5, 5.41) is 6.01. The summed E-state index contributed by atoms with van der Waals surface area (Å²) < 4.78 is 0. The van der Waals surface area contributed by atoms with Crippen LogP contribution in [0.5, 0.6) is 0 Å². The Morgan fingerprint density at radius 2 is 1.62 bits per heavy atom. The van der Waals surface area contributed by atoms with Crippen LogP contribution in [0.2, 0.25) is 0 Å². The van der Waals surface area contributed by atoms with Crippen molar-refractivity contribution in [3.05, 3.63) is 95.7 Å². The average Bonchev–Trinajstić information content (AvgIpc) is 2.95. The SMILES string of the molecule is Cc1ccc([C@H](C(=O)NC2CCCCC2)N(Cc2ccccc2)C(=O)CCCC(=O)Nc2ccccn2)cc1. The third kappa shape index (κ3) is 8.50. The number of aryl methyl sites for hydroxylation is 1. The molecule has 0 aliphatic heterocycles. The molecule has 204 valence electrons. The number of nitrogens with zero attached hydrogens (tertiary/aromatic N) is 2. The number of carbonyl (C=O) groups is 3. The predicted molar refractivity (Wildman–Crippen MR) is 153 cm³/mol. The summed E-state index contributed by atoms with van der Waals surface area (Å²) in [7, 11) is 0. The zero-order valence-electron chi connectivity index (χ0n) is 22.6. The van der Waals surface area contributed by atoms with Crippen LogP contribution < -0.4 is 10.6 Å². The van der Waals surface area contributed by atoms with Gasteiger partial charge in [0.1, 0.15) is 11.9 Å². The molecule has 0 spiro atoms. The highest BCUT2D eigenvalue weighted by Crippen LogP contribution is 2.27. The number of anilines is 1. The number of carbonyl (C=O) groups excluding carboxylic acids is 3. The smallest absolute Gasteiger partial charge is 0.247 e. The molecular weight excluding hydrogens is 488 g/mol. The van der Waals surface area contributed by atoms with Gasteiger partial charge >= 0.3 is 0 Å². The van der Waals surface area contributed by atoms with E-state index in [0.29, 0.717) is 18.8 Å². The second kappa shape index (κ2) is 14.2. The molecule has 0 radical (unpaired) electrons. The van der Waals surface area contributed by atoms with E-state index in [9.17, 15) is 14.4 Å². The maximum atomic E-state index is 13.8. The molecule has 2 aromatic carbocycles. The van der Waals surface area contributed by atoms with Gasteiger partial charge in [0, 0.05) is 31.6 Å². The van der Waals surface area contributed by atoms with Crippen molar-refractivity contribution >= 4 is 23.5 Å². The van der Waals surface area contributed by atoms with E-state index in [1.807, 2.05) is 61.5 Å². The lowest BCUT2D eigenvalue weighted by atomic mass is 9.94. The molecule has 1 atom stereocenters. The lowest BCUT2D eigenvalue weighted by molar-refractivity contribution is -0.142. The Morgan fingerprint density at radius 3 is 2.31 bits per heavy atom. The maximum Gasteiger partial charge on any atom is 0.247 e. The normalized spacial score (nSPS) is 14.3. The van der Waals surface area contributed by atoms with Crippen molar-refractivity contribution in [3.63, 3.8) is 0 Å². The highest BCUT2D eigenvalue weighted by Gasteiger charge is 2.32. The van der Waals surface area contributed by atoms with E-state index in [1.54, 1.807) is 29.3 Å². The van der Waals surface area contributed by atoms with Gasteiger partial charge in [-0.15, -0.1) is 0 Å². The fourth-order valence-corrected chi connectivity index (χ4v) is 5.04. The Morgan fingerprint density at radius 1 is 0.897 bits per heavy atom. The van der Waals surface area contributed by atoms with Crippen LogP contribution in [0, 0.1) is 6.92 Å². The van der Waals surface area contributed by atoms with E-state index >= 15 is 0 Å². The van der Waals surface area contributed by atoms with E-state index in [-0.39, 0.29) is 36.6 Å². The first-order valence-corrected chi connectivity index (χ1v) is 13.9. The van der Waals surface area contributed by atoms with Crippen molar-refractivity contribution in [2.75, 3.05) is 5.32 Å². The van der Waals surface area contributed by atoms with Gasteiger partial charge in [0.2, 0.25) is 17.7 Å². The highest BCUT2D eigenvalue weighted by molar-refractivity contribution is 5.91. The van der Waals surface area contributed by atoms with Crippen LogP contribution in [0.4, 0.5) is 5.82 Å². The third-order valence-electron chi connectivity index (χ3n) is 7.15. The Labute approximate surface area is 231 Å². The minimum Gasteiger partial charge on any atom is -0.351 e. The van der Waals surface area contributed by atoms with Gasteiger partial charge in [-0.3, -0.25) is 14.4 Å². The van der Waals surface area contributed by atoms with Gasteiger partial charge in [0.05, 0.1) is 0 Å². The summed E-state index contributed by atoms with van der Waals surface area (Å²) in [6.07, 6.45) is 7.65. The molecule has 7 heteroatoms. The van der Waals surface area contributed by atoms with Gasteiger partial charge in [0.15, 0.2) is 0 Å². The van der Waals surface area contributed by atoms with Crippen LogP contribution in [0.1, 0.15) is 74.1 Å². The van der Waals surface area contributed by atoms with Crippen LogP contribution in [0.3, 0.4) is 0 Å². The molecule has 1 heterocycles. The first-order chi connectivity index (χ1) is 19.0. The summed E-state index contributed by atoms with van der Waals surface area (Å²) in [5.74, 6) is -0.0172. The first-order valence-electron chi connectivity index (χ1n) is 13.9. The lowest BCUT2D eigenvalue weighted by Crippen LogP contribution is -2.46. The topological polar surface area (TPSA) is 91.4 Å². The maximum absolute atomic E-state index is 13.8. The second-order valence-corrected chi connectivity index (χ2v) is 10.3. The number of rotatable bonds is 11. The van der Waals surface area contributed by atoms with E-state index in [0.717, 1.165) is 42.4 Å². The zero-order chi connectivity index (χ0) is 27.5. The van der Waals surface area contributed by atoms with Crippen LogP contribution in [-0.2, 0) is 20.9 Å². The molecule has 3 amide bonds. The summed E-state index contributed by atoms with van der Waals surface area (Å²) in [4.78, 5) is 45.8. The Hall–Kier alpha value is -4.00. The van der Waals surface area contributed by atoms with Crippen LogP contribution in [-0.4, -0.2) is 33.6 Å². The molecule has 1 aliphatic rings. The molecule has 0 saturated heterocycles. The standard InChI is InChI=1S/C32H38N4O3/c1-24-18-20-26(21-19-24)31(32(39)34-27-13-6-3-7-14-27)36(23-25-11-4-2-5-12-25)30(38)17-10-16-29(37)35-28-15-8-9-22-33-28/h2,4-5,8-9,11-12,15,18-22,27,31H,3,6-7,10,13-14,16-17,23H2,1H3,(H,34,39)(H,33,35,37)/t31-/m1/s1. The molecule has 0 unspecified atom stereocenters. The number of aromatic nitrogens is 1. The number of hydrogen-bond donors (Lipinski definition) is 2. The number of nitrogens with one attached hydrogen (secondary N) is 2. The van der Waals surface area contributed by atoms with Crippen molar-refractivity contribution < 1.29 is 14.4 Å². The molecular formula is C32H38N4O3. The first kappa shape index (κ1) is 28.0. The highest BCUT2D eigenvalue weighted by atomic mass is 16.2. The minimum absolute atomic E-state index is 0.128. The van der Waals surface area contributed by atoms with Crippen LogP contribution >= 0.6 is 0 Å². The molecule has 2 N–H and O–H groups in total.